The number of benzene rings is 2. The van der Waals surface area contributed by atoms with E-state index < -0.39 is 0 Å². The molecular weight excluding hydrogens is 332 g/mol. The van der Waals surface area contributed by atoms with Crippen LogP contribution >= 0.6 is 0 Å². The summed E-state index contributed by atoms with van der Waals surface area (Å²) in [5.41, 5.74) is 2.82. The molecule has 1 aliphatic carbocycles. The average molecular weight is 350 g/mol. The van der Waals surface area contributed by atoms with E-state index in [1.165, 1.54) is 0 Å². The Bertz CT molecular complexity index is 1050. The molecule has 0 saturated heterocycles. The molecule has 0 radical (unpaired) electrons. The lowest BCUT2D eigenvalue weighted by atomic mass is 10.1. The van der Waals surface area contributed by atoms with Crippen molar-refractivity contribution in [1.29, 1.82) is 0 Å². The van der Waals surface area contributed by atoms with Crippen LogP contribution in [0.2, 0.25) is 0 Å². The number of hydrogen-bond donors (Lipinski definition) is 0. The van der Waals surface area contributed by atoms with Crippen LogP contribution in [0.3, 0.4) is 0 Å². The first-order valence-corrected chi connectivity index (χ1v) is 8.56. The van der Waals surface area contributed by atoms with E-state index >= 15 is 0 Å². The van der Waals surface area contributed by atoms with E-state index in [9.17, 15) is 9.59 Å². The third-order valence-electron chi connectivity index (χ3n) is 4.66. The Balaban J connectivity index is 1.56. The maximum Gasteiger partial charge on any atom is 0.339 e. The normalized spacial score (nSPS) is 12.8. The van der Waals surface area contributed by atoms with Crippen molar-refractivity contribution in [3.05, 3.63) is 69.6 Å². The number of esters is 1. The van der Waals surface area contributed by atoms with E-state index in [-0.39, 0.29) is 18.0 Å². The molecule has 132 valence electrons. The molecule has 0 unspecified atom stereocenters. The lowest BCUT2D eigenvalue weighted by molar-refractivity contribution is -0.133. The zero-order valence-corrected chi connectivity index (χ0v) is 14.4. The van der Waals surface area contributed by atoms with Crippen molar-refractivity contribution in [3.8, 4) is 11.5 Å². The van der Waals surface area contributed by atoms with Gasteiger partial charge in [-0.3, -0.25) is 4.79 Å². The first-order chi connectivity index (χ1) is 12.6. The van der Waals surface area contributed by atoms with E-state index in [0.29, 0.717) is 17.1 Å². The Kier molecular flexibility index (Phi) is 4.21. The average Bonchev–Trinajstić information content (AvgIpc) is 3.12. The first-order valence-electron chi connectivity index (χ1n) is 8.56. The number of rotatable bonds is 4. The fourth-order valence-corrected chi connectivity index (χ4v) is 3.44. The van der Waals surface area contributed by atoms with Gasteiger partial charge in [-0.2, -0.15) is 0 Å². The molecule has 2 aromatic carbocycles. The van der Waals surface area contributed by atoms with Gasteiger partial charge in [-0.25, -0.2) is 4.79 Å². The van der Waals surface area contributed by atoms with Crippen molar-refractivity contribution in [3.63, 3.8) is 0 Å². The molecule has 0 fully saturated rings. The number of ether oxygens (including phenoxy) is 2. The SMILES string of the molecule is COc1cccc(CC(=O)Oc2ccc3c4c(c(=O)oc3c2)CCC4)c1. The Morgan fingerprint density at radius 3 is 2.77 bits per heavy atom. The van der Waals surface area contributed by atoms with E-state index in [4.69, 9.17) is 13.9 Å². The molecule has 1 heterocycles. The van der Waals surface area contributed by atoms with Gasteiger partial charge >= 0.3 is 11.6 Å². The number of carbonyl (C=O) groups excluding carboxylic acids is 1. The maximum absolute atomic E-state index is 12.2. The number of aryl methyl sites for hydroxylation is 1. The molecule has 1 aromatic heterocycles. The summed E-state index contributed by atoms with van der Waals surface area (Å²) in [7, 11) is 1.58. The van der Waals surface area contributed by atoms with Crippen LogP contribution in [-0.4, -0.2) is 13.1 Å². The third kappa shape index (κ3) is 3.08. The lowest BCUT2D eigenvalue weighted by Crippen LogP contribution is -2.11. The molecule has 1 aliphatic rings. The zero-order chi connectivity index (χ0) is 18.1. The highest BCUT2D eigenvalue weighted by atomic mass is 16.5. The van der Waals surface area contributed by atoms with Gasteiger partial charge < -0.3 is 13.9 Å². The quantitative estimate of drug-likeness (QED) is 0.410. The minimum Gasteiger partial charge on any atom is -0.497 e. The standard InChI is InChI=1S/C21H18O5/c1-24-14-5-2-4-13(10-14)11-20(22)25-15-8-9-17-16-6-3-7-18(16)21(23)26-19(17)12-15/h2,4-5,8-10,12H,3,6-7,11H2,1H3. The van der Waals surface area contributed by atoms with Gasteiger partial charge in [0.05, 0.1) is 13.5 Å². The summed E-state index contributed by atoms with van der Waals surface area (Å²) in [6.07, 6.45) is 2.75. The lowest BCUT2D eigenvalue weighted by Gasteiger charge is -2.08. The van der Waals surface area contributed by atoms with Gasteiger partial charge in [0.15, 0.2) is 0 Å². The fraction of sp³-hybridized carbons (Fsp3) is 0.238. The largest absolute Gasteiger partial charge is 0.497 e. The van der Waals surface area contributed by atoms with Crippen molar-refractivity contribution in [2.45, 2.75) is 25.7 Å². The zero-order valence-electron chi connectivity index (χ0n) is 14.4. The minimum atomic E-state index is -0.388. The summed E-state index contributed by atoms with van der Waals surface area (Å²) in [6, 6.07) is 12.5. The number of hydrogen-bond acceptors (Lipinski definition) is 5. The van der Waals surface area contributed by atoms with Gasteiger partial charge in [0.1, 0.15) is 17.1 Å². The molecule has 0 spiro atoms. The maximum atomic E-state index is 12.2. The summed E-state index contributed by atoms with van der Waals surface area (Å²) in [5.74, 6) is 0.671. The van der Waals surface area contributed by atoms with E-state index in [1.54, 1.807) is 25.3 Å². The van der Waals surface area contributed by atoms with Crippen LogP contribution in [0.1, 0.15) is 23.1 Å². The van der Waals surface area contributed by atoms with Crippen LogP contribution in [0.15, 0.2) is 51.7 Å². The van der Waals surface area contributed by atoms with E-state index in [0.717, 1.165) is 41.3 Å². The molecule has 5 heteroatoms. The molecule has 0 amide bonds. The summed E-state index contributed by atoms with van der Waals surface area (Å²) in [6.45, 7) is 0. The van der Waals surface area contributed by atoms with Gasteiger partial charge in [0.2, 0.25) is 0 Å². The second-order valence-electron chi connectivity index (χ2n) is 6.36. The number of methoxy groups -OCH3 is 1. The Hall–Kier alpha value is -3.08. The van der Waals surface area contributed by atoms with Crippen LogP contribution in [0.25, 0.3) is 11.0 Å². The molecular formula is C21H18O5. The monoisotopic (exact) mass is 350 g/mol. The van der Waals surface area contributed by atoms with Crippen LogP contribution in [0.5, 0.6) is 11.5 Å². The Morgan fingerprint density at radius 2 is 1.92 bits per heavy atom. The van der Waals surface area contributed by atoms with E-state index in [1.807, 2.05) is 24.3 Å². The predicted molar refractivity (Wildman–Crippen MR) is 96.8 cm³/mol. The van der Waals surface area contributed by atoms with Gasteiger partial charge in [0.25, 0.3) is 0 Å². The molecule has 0 bridgehead atoms. The van der Waals surface area contributed by atoms with Gasteiger partial charge in [0, 0.05) is 17.0 Å². The highest BCUT2D eigenvalue weighted by Gasteiger charge is 2.20. The van der Waals surface area contributed by atoms with Crippen molar-refractivity contribution < 1.29 is 18.7 Å². The Morgan fingerprint density at radius 1 is 1.08 bits per heavy atom. The molecule has 0 aliphatic heterocycles. The molecule has 0 N–H and O–H groups in total. The smallest absolute Gasteiger partial charge is 0.339 e. The van der Waals surface area contributed by atoms with E-state index in [2.05, 4.69) is 0 Å². The summed E-state index contributed by atoms with van der Waals surface area (Å²) in [4.78, 5) is 24.3. The molecule has 4 rings (SSSR count). The fourth-order valence-electron chi connectivity index (χ4n) is 3.44. The Labute approximate surface area is 150 Å². The van der Waals surface area contributed by atoms with Gasteiger partial charge in [-0.05, 0) is 54.7 Å². The van der Waals surface area contributed by atoms with Crippen LogP contribution in [0, 0.1) is 0 Å². The molecule has 26 heavy (non-hydrogen) atoms. The van der Waals surface area contributed by atoms with Crippen molar-refractivity contribution in [2.75, 3.05) is 7.11 Å². The van der Waals surface area contributed by atoms with Crippen molar-refractivity contribution >= 4 is 16.9 Å². The van der Waals surface area contributed by atoms with Crippen molar-refractivity contribution in [1.82, 2.24) is 0 Å². The molecule has 5 nitrogen and oxygen atoms in total. The first kappa shape index (κ1) is 16.4. The highest BCUT2D eigenvalue weighted by molar-refractivity contribution is 5.84. The van der Waals surface area contributed by atoms with Crippen LogP contribution < -0.4 is 15.1 Å². The number of carbonyl (C=O) groups is 1. The minimum absolute atomic E-state index is 0.128. The molecule has 0 saturated carbocycles. The second-order valence-corrected chi connectivity index (χ2v) is 6.36. The second kappa shape index (κ2) is 6.67. The summed E-state index contributed by atoms with van der Waals surface area (Å²) in [5, 5.41) is 0.921. The summed E-state index contributed by atoms with van der Waals surface area (Å²) < 4.78 is 16.0. The number of fused-ring (bicyclic) bond motifs is 3. The summed E-state index contributed by atoms with van der Waals surface area (Å²) >= 11 is 0. The predicted octanol–water partition coefficient (Wildman–Crippen LogP) is 3.44. The van der Waals surface area contributed by atoms with Crippen molar-refractivity contribution in [2.24, 2.45) is 0 Å². The topological polar surface area (TPSA) is 65.7 Å². The van der Waals surface area contributed by atoms with Crippen LogP contribution in [-0.2, 0) is 24.1 Å². The van der Waals surface area contributed by atoms with Gasteiger partial charge in [-0.15, -0.1) is 0 Å². The van der Waals surface area contributed by atoms with Crippen LogP contribution in [0.4, 0.5) is 0 Å². The van der Waals surface area contributed by atoms with Gasteiger partial charge in [-0.1, -0.05) is 12.1 Å². The highest BCUT2D eigenvalue weighted by Crippen LogP contribution is 2.29. The third-order valence-corrected chi connectivity index (χ3v) is 4.66. The molecule has 0 atom stereocenters. The molecule has 3 aromatic rings.